The fraction of sp³-hybridized carbons (Fsp3) is 0.519. The van der Waals surface area contributed by atoms with Crippen LogP contribution in [0.25, 0.3) is 0 Å². The minimum atomic E-state index is 0.276. The largest absolute Gasteiger partial charge is 0.410 e. The van der Waals surface area contributed by atoms with Crippen molar-refractivity contribution < 1.29 is 9.94 Å². The van der Waals surface area contributed by atoms with E-state index in [-0.39, 0.29) is 6.10 Å². The molecule has 0 amide bonds. The van der Waals surface area contributed by atoms with E-state index in [0.29, 0.717) is 11.6 Å². The second-order valence-corrected chi connectivity index (χ2v) is 8.21. The topological polar surface area (TPSA) is 41.8 Å². The molecule has 0 spiro atoms. The van der Waals surface area contributed by atoms with Crippen molar-refractivity contribution in [3.05, 3.63) is 71.3 Å². The first-order chi connectivity index (χ1) is 14.7. The minimum Gasteiger partial charge on any atom is -0.410 e. The van der Waals surface area contributed by atoms with E-state index in [1.807, 2.05) is 36.4 Å². The van der Waals surface area contributed by atoms with Gasteiger partial charge in [-0.05, 0) is 44.1 Å². The molecular formula is C27H39NO2. The van der Waals surface area contributed by atoms with Gasteiger partial charge in [0.25, 0.3) is 0 Å². The molecule has 2 unspecified atom stereocenters. The second-order valence-electron chi connectivity index (χ2n) is 8.21. The lowest BCUT2D eigenvalue weighted by Gasteiger charge is -2.23. The van der Waals surface area contributed by atoms with Gasteiger partial charge < -0.3 is 9.94 Å². The van der Waals surface area contributed by atoms with Crippen molar-refractivity contribution in [3.63, 3.8) is 0 Å². The predicted molar refractivity (Wildman–Crippen MR) is 127 cm³/mol. The zero-order chi connectivity index (χ0) is 21.6. The highest BCUT2D eigenvalue weighted by atomic mass is 16.5. The SMILES string of the molecule is CCCCCOC(C)CCC(CCCC)c1ccccc1C(=NO)c1ccccc1. The van der Waals surface area contributed by atoms with Crippen molar-refractivity contribution in [2.45, 2.75) is 84.2 Å². The number of benzene rings is 2. The zero-order valence-electron chi connectivity index (χ0n) is 19.0. The molecule has 2 aromatic rings. The fourth-order valence-electron chi connectivity index (χ4n) is 3.99. The van der Waals surface area contributed by atoms with Gasteiger partial charge in [-0.3, -0.25) is 0 Å². The van der Waals surface area contributed by atoms with Crippen molar-refractivity contribution in [1.82, 2.24) is 0 Å². The highest BCUT2D eigenvalue weighted by Crippen LogP contribution is 2.32. The highest BCUT2D eigenvalue weighted by Gasteiger charge is 2.20. The van der Waals surface area contributed by atoms with E-state index < -0.39 is 0 Å². The Morgan fingerprint density at radius 1 is 0.867 bits per heavy atom. The first kappa shape index (κ1) is 24.1. The van der Waals surface area contributed by atoms with E-state index in [2.05, 4.69) is 44.1 Å². The maximum Gasteiger partial charge on any atom is 0.117 e. The summed E-state index contributed by atoms with van der Waals surface area (Å²) in [5.41, 5.74) is 3.90. The van der Waals surface area contributed by atoms with Crippen molar-refractivity contribution in [2.75, 3.05) is 6.61 Å². The molecule has 3 heteroatoms. The molecule has 0 heterocycles. The fourth-order valence-corrected chi connectivity index (χ4v) is 3.99. The third-order valence-corrected chi connectivity index (χ3v) is 5.78. The van der Waals surface area contributed by atoms with Crippen molar-refractivity contribution >= 4 is 5.71 Å². The Bertz CT molecular complexity index is 742. The van der Waals surface area contributed by atoms with Gasteiger partial charge in [-0.1, -0.05) is 99.3 Å². The van der Waals surface area contributed by atoms with Crippen LogP contribution in [0.3, 0.4) is 0 Å². The van der Waals surface area contributed by atoms with Gasteiger partial charge in [0.15, 0.2) is 0 Å². The van der Waals surface area contributed by atoms with Crippen LogP contribution in [0.1, 0.15) is 94.7 Å². The number of unbranched alkanes of at least 4 members (excludes halogenated alkanes) is 3. The molecule has 0 radical (unpaired) electrons. The molecule has 0 aliphatic carbocycles. The van der Waals surface area contributed by atoms with Crippen molar-refractivity contribution in [1.29, 1.82) is 0 Å². The number of hydrogen-bond acceptors (Lipinski definition) is 3. The molecule has 30 heavy (non-hydrogen) atoms. The van der Waals surface area contributed by atoms with Gasteiger partial charge >= 0.3 is 0 Å². The molecular weight excluding hydrogens is 370 g/mol. The summed E-state index contributed by atoms with van der Waals surface area (Å²) >= 11 is 0. The summed E-state index contributed by atoms with van der Waals surface area (Å²) in [7, 11) is 0. The monoisotopic (exact) mass is 409 g/mol. The first-order valence-electron chi connectivity index (χ1n) is 11.7. The third-order valence-electron chi connectivity index (χ3n) is 5.78. The summed E-state index contributed by atoms with van der Waals surface area (Å²) in [6, 6.07) is 18.4. The summed E-state index contributed by atoms with van der Waals surface area (Å²) in [5.74, 6) is 0.434. The molecule has 3 nitrogen and oxygen atoms in total. The summed E-state index contributed by atoms with van der Waals surface area (Å²) in [6.45, 7) is 7.52. The second kappa shape index (κ2) is 14.0. The Morgan fingerprint density at radius 2 is 1.57 bits per heavy atom. The van der Waals surface area contributed by atoms with Gasteiger partial charge in [-0.2, -0.15) is 0 Å². The van der Waals surface area contributed by atoms with Gasteiger partial charge in [0.2, 0.25) is 0 Å². The third kappa shape index (κ3) is 7.60. The lowest BCUT2D eigenvalue weighted by Crippen LogP contribution is -2.14. The molecule has 1 N–H and O–H groups in total. The van der Waals surface area contributed by atoms with Gasteiger partial charge in [-0.25, -0.2) is 0 Å². The molecule has 2 rings (SSSR count). The number of oxime groups is 1. The van der Waals surface area contributed by atoms with Crippen LogP contribution >= 0.6 is 0 Å². The maximum absolute atomic E-state index is 9.84. The minimum absolute atomic E-state index is 0.276. The Balaban J connectivity index is 2.17. The van der Waals surface area contributed by atoms with Gasteiger partial charge in [0.05, 0.1) is 6.10 Å². The Morgan fingerprint density at radius 3 is 2.27 bits per heavy atom. The lowest BCUT2D eigenvalue weighted by molar-refractivity contribution is 0.0548. The van der Waals surface area contributed by atoms with Crippen LogP contribution in [0.5, 0.6) is 0 Å². The maximum atomic E-state index is 9.84. The molecule has 0 fully saturated rings. The van der Waals surface area contributed by atoms with Crippen LogP contribution in [-0.2, 0) is 4.74 Å². The summed E-state index contributed by atoms with van der Waals surface area (Å²) in [4.78, 5) is 0. The van der Waals surface area contributed by atoms with E-state index >= 15 is 0 Å². The number of ether oxygens (including phenoxy) is 1. The average Bonchev–Trinajstić information content (AvgIpc) is 2.79. The summed E-state index contributed by atoms with van der Waals surface area (Å²) in [6.07, 6.45) is 9.54. The Kier molecular flexibility index (Phi) is 11.2. The molecule has 0 aliphatic heterocycles. The molecule has 0 saturated heterocycles. The Labute approximate surface area is 183 Å². The molecule has 0 saturated carbocycles. The van der Waals surface area contributed by atoms with Gasteiger partial charge in [0, 0.05) is 17.7 Å². The van der Waals surface area contributed by atoms with Crippen LogP contribution in [0, 0.1) is 0 Å². The molecule has 0 aliphatic rings. The summed E-state index contributed by atoms with van der Waals surface area (Å²) < 4.78 is 6.04. The quantitative estimate of drug-likeness (QED) is 0.151. The Hall–Kier alpha value is -2.13. The van der Waals surface area contributed by atoms with E-state index in [4.69, 9.17) is 4.74 Å². The van der Waals surface area contributed by atoms with Crippen molar-refractivity contribution in [2.24, 2.45) is 5.16 Å². The number of hydrogen-bond donors (Lipinski definition) is 1. The predicted octanol–water partition coefficient (Wildman–Crippen LogP) is 7.56. The normalized spacial score (nSPS) is 13.9. The summed E-state index contributed by atoms with van der Waals surface area (Å²) in [5, 5.41) is 13.5. The van der Waals surface area contributed by atoms with Crippen LogP contribution < -0.4 is 0 Å². The molecule has 0 bridgehead atoms. The molecule has 2 aromatic carbocycles. The van der Waals surface area contributed by atoms with E-state index in [9.17, 15) is 5.21 Å². The number of rotatable bonds is 14. The standard InChI is InChI=1S/C27H39NO2/c1-4-6-13-21-30-22(3)19-20-23(14-7-5-2)25-17-11-12-18-26(25)27(28-29)24-15-9-8-10-16-24/h8-12,15-18,22-23,29H,4-7,13-14,19-21H2,1-3H3. The van der Waals surface area contributed by atoms with E-state index in [1.54, 1.807) is 0 Å². The van der Waals surface area contributed by atoms with Crippen LogP contribution in [0.4, 0.5) is 0 Å². The smallest absolute Gasteiger partial charge is 0.117 e. The molecule has 164 valence electrons. The molecule has 0 aromatic heterocycles. The first-order valence-corrected chi connectivity index (χ1v) is 11.7. The lowest BCUT2D eigenvalue weighted by atomic mass is 9.83. The van der Waals surface area contributed by atoms with Gasteiger partial charge in [-0.15, -0.1) is 0 Å². The molecule has 2 atom stereocenters. The number of nitrogens with zero attached hydrogens (tertiary/aromatic N) is 1. The van der Waals surface area contributed by atoms with Crippen LogP contribution in [0.2, 0.25) is 0 Å². The van der Waals surface area contributed by atoms with Crippen molar-refractivity contribution in [3.8, 4) is 0 Å². The van der Waals surface area contributed by atoms with E-state index in [1.165, 1.54) is 31.2 Å². The average molecular weight is 410 g/mol. The highest BCUT2D eigenvalue weighted by molar-refractivity contribution is 6.13. The van der Waals surface area contributed by atoms with Crippen LogP contribution in [0.15, 0.2) is 59.8 Å². The zero-order valence-corrected chi connectivity index (χ0v) is 19.0. The van der Waals surface area contributed by atoms with Gasteiger partial charge in [0.1, 0.15) is 5.71 Å². The van der Waals surface area contributed by atoms with Crippen LogP contribution in [-0.4, -0.2) is 23.6 Å². The van der Waals surface area contributed by atoms with E-state index in [0.717, 1.165) is 43.4 Å².